The van der Waals surface area contributed by atoms with E-state index in [1.807, 2.05) is 12.1 Å². The number of hydrogen-bond acceptors (Lipinski definition) is 7. The van der Waals surface area contributed by atoms with E-state index in [4.69, 9.17) is 0 Å². The van der Waals surface area contributed by atoms with E-state index in [9.17, 15) is 4.79 Å². The van der Waals surface area contributed by atoms with Crippen LogP contribution >= 0.6 is 0 Å². The number of carbonyl (C=O) groups excluding carboxylic acids is 1. The van der Waals surface area contributed by atoms with Gasteiger partial charge in [-0.15, -0.1) is 0 Å². The first kappa shape index (κ1) is 20.4. The molecule has 2 aliphatic heterocycles. The Morgan fingerprint density at radius 2 is 1.97 bits per heavy atom. The van der Waals surface area contributed by atoms with Crippen LogP contribution in [0.3, 0.4) is 0 Å². The zero-order valence-electron chi connectivity index (χ0n) is 18.5. The van der Waals surface area contributed by atoms with Crippen molar-refractivity contribution in [3.8, 4) is 11.3 Å². The third-order valence-corrected chi connectivity index (χ3v) is 6.30. The number of likely N-dealkylation sites (tertiary alicyclic amines) is 1. The number of anilines is 4. The first-order chi connectivity index (χ1) is 15.5. The highest BCUT2D eigenvalue weighted by Crippen LogP contribution is 2.36. The zero-order valence-corrected chi connectivity index (χ0v) is 18.5. The molecule has 2 saturated heterocycles. The van der Waals surface area contributed by atoms with Crippen molar-refractivity contribution < 1.29 is 4.79 Å². The largest absolute Gasteiger partial charge is 0.365 e. The van der Waals surface area contributed by atoms with Crippen LogP contribution in [0, 0.1) is 6.92 Å². The Morgan fingerprint density at radius 3 is 2.62 bits per heavy atom. The number of carbonyl (C=O) groups is 1. The first-order valence-electron chi connectivity index (χ1n) is 10.9. The van der Waals surface area contributed by atoms with Crippen LogP contribution in [-0.2, 0) is 4.79 Å². The van der Waals surface area contributed by atoms with Gasteiger partial charge in [-0.3, -0.25) is 9.69 Å². The number of amides is 1. The van der Waals surface area contributed by atoms with Crippen LogP contribution in [0.5, 0.6) is 0 Å². The van der Waals surface area contributed by atoms with Crippen molar-refractivity contribution in [2.24, 2.45) is 0 Å². The van der Waals surface area contributed by atoms with Gasteiger partial charge < -0.3 is 15.5 Å². The molecule has 2 atom stereocenters. The number of hydrogen-bond donors (Lipinski definition) is 2. The van der Waals surface area contributed by atoms with E-state index in [0.717, 1.165) is 30.0 Å². The molecule has 0 spiro atoms. The average Bonchev–Trinajstić information content (AvgIpc) is 3.34. The first-order valence-corrected chi connectivity index (χ1v) is 10.9. The predicted molar refractivity (Wildman–Crippen MR) is 126 cm³/mol. The zero-order chi connectivity index (χ0) is 22.2. The lowest BCUT2D eigenvalue weighted by atomic mass is 10.1. The summed E-state index contributed by atoms with van der Waals surface area (Å²) in [6.07, 6.45) is 4.68. The van der Waals surface area contributed by atoms with Gasteiger partial charge in [-0.05, 0) is 62.4 Å². The van der Waals surface area contributed by atoms with Crippen molar-refractivity contribution in [1.29, 1.82) is 0 Å². The van der Waals surface area contributed by atoms with E-state index in [1.54, 1.807) is 18.5 Å². The molecule has 2 aliphatic rings. The van der Waals surface area contributed by atoms with E-state index >= 15 is 0 Å². The highest BCUT2D eigenvalue weighted by atomic mass is 16.1. The van der Waals surface area contributed by atoms with Crippen molar-refractivity contribution in [2.75, 3.05) is 35.7 Å². The summed E-state index contributed by atoms with van der Waals surface area (Å²) in [5, 5.41) is 5.99. The van der Waals surface area contributed by atoms with Gasteiger partial charge in [-0.25, -0.2) is 15.0 Å². The number of likely N-dealkylation sites (N-methyl/N-ethyl adjacent to an activating group) is 1. The number of pyridine rings is 1. The molecular formula is C24H27N7O. The van der Waals surface area contributed by atoms with Gasteiger partial charge in [-0.1, -0.05) is 0 Å². The molecule has 164 valence electrons. The molecule has 0 saturated carbocycles. The molecule has 8 heteroatoms. The Hall–Kier alpha value is -3.52. The lowest BCUT2D eigenvalue weighted by Gasteiger charge is -2.34. The van der Waals surface area contributed by atoms with Crippen LogP contribution in [0.2, 0.25) is 0 Å². The van der Waals surface area contributed by atoms with Crippen molar-refractivity contribution >= 4 is 29.0 Å². The third-order valence-electron chi connectivity index (χ3n) is 6.30. The monoisotopic (exact) mass is 429 g/mol. The minimum Gasteiger partial charge on any atom is -0.365 e. The number of nitrogens with one attached hydrogen (secondary N) is 2. The Kier molecular flexibility index (Phi) is 5.22. The maximum Gasteiger partial charge on any atom is 0.227 e. The number of aromatic nitrogens is 3. The molecule has 1 aromatic carbocycles. The fourth-order valence-electron chi connectivity index (χ4n) is 4.72. The molecule has 4 heterocycles. The van der Waals surface area contributed by atoms with Gasteiger partial charge >= 0.3 is 0 Å². The Bertz CT molecular complexity index is 1150. The second-order valence-electron chi connectivity index (χ2n) is 8.64. The molecule has 8 nitrogen and oxygen atoms in total. The summed E-state index contributed by atoms with van der Waals surface area (Å²) in [6, 6.07) is 13.2. The summed E-state index contributed by atoms with van der Waals surface area (Å²) >= 11 is 0. The quantitative estimate of drug-likeness (QED) is 0.642. The number of fused-ring (bicyclic) bond motifs is 2. The van der Waals surface area contributed by atoms with Gasteiger partial charge in [0.1, 0.15) is 5.82 Å². The second kappa shape index (κ2) is 8.20. The van der Waals surface area contributed by atoms with Crippen molar-refractivity contribution in [3.05, 3.63) is 54.4 Å². The molecule has 2 aromatic heterocycles. The second-order valence-corrected chi connectivity index (χ2v) is 8.64. The van der Waals surface area contributed by atoms with Gasteiger partial charge in [0.05, 0.1) is 5.69 Å². The van der Waals surface area contributed by atoms with E-state index in [0.29, 0.717) is 23.8 Å². The van der Waals surface area contributed by atoms with Gasteiger partial charge in [0.2, 0.25) is 11.9 Å². The van der Waals surface area contributed by atoms with Crippen molar-refractivity contribution in [1.82, 2.24) is 19.9 Å². The Balaban J connectivity index is 1.30. The highest BCUT2D eigenvalue weighted by Gasteiger charge is 2.41. The summed E-state index contributed by atoms with van der Waals surface area (Å²) in [6.45, 7) is 5.87. The molecule has 2 N–H and O–H groups in total. The molecule has 0 radical (unpaired) electrons. The summed E-state index contributed by atoms with van der Waals surface area (Å²) in [4.78, 5) is 29.5. The molecule has 5 rings (SSSR count). The van der Waals surface area contributed by atoms with E-state index in [-0.39, 0.29) is 5.91 Å². The van der Waals surface area contributed by atoms with E-state index < -0.39 is 0 Å². The van der Waals surface area contributed by atoms with Crippen LogP contribution < -0.4 is 15.5 Å². The molecule has 3 aromatic rings. The normalized spacial score (nSPS) is 19.9. The van der Waals surface area contributed by atoms with Crippen LogP contribution in [0.4, 0.5) is 23.1 Å². The third kappa shape index (κ3) is 4.01. The maximum absolute atomic E-state index is 11.2. The van der Waals surface area contributed by atoms with Gasteiger partial charge in [-0.2, -0.15) is 0 Å². The van der Waals surface area contributed by atoms with Crippen LogP contribution in [0.25, 0.3) is 11.3 Å². The summed E-state index contributed by atoms with van der Waals surface area (Å²) < 4.78 is 0. The van der Waals surface area contributed by atoms with E-state index in [2.05, 4.69) is 67.6 Å². The molecule has 2 bridgehead atoms. The number of aryl methyl sites for hydroxylation is 1. The van der Waals surface area contributed by atoms with Gasteiger partial charge in [0.15, 0.2) is 0 Å². The van der Waals surface area contributed by atoms with Crippen LogP contribution in [0.1, 0.15) is 18.9 Å². The average molecular weight is 430 g/mol. The minimum atomic E-state index is -0.148. The van der Waals surface area contributed by atoms with Crippen molar-refractivity contribution in [2.45, 2.75) is 32.4 Å². The molecule has 2 unspecified atom stereocenters. The van der Waals surface area contributed by atoms with Gasteiger partial charge in [0.25, 0.3) is 0 Å². The molecule has 32 heavy (non-hydrogen) atoms. The molecular weight excluding hydrogens is 402 g/mol. The standard InChI is InChI=1S/C24H27N7O/c1-15-10-18(5-6-22(15)31-14-19-11-20(31)13-30(19)3)28-24-25-9-8-21(29-24)17-4-7-23(26-12-17)27-16(2)32/h4-10,12,19-20H,11,13-14H2,1-3H3,(H,25,28,29)(H,26,27,32). The van der Waals surface area contributed by atoms with Crippen LogP contribution in [-0.4, -0.2) is 58.0 Å². The molecule has 1 amide bonds. The Morgan fingerprint density at radius 1 is 1.09 bits per heavy atom. The number of piperazine rings is 1. The maximum atomic E-state index is 11.2. The molecule has 2 fully saturated rings. The van der Waals surface area contributed by atoms with Crippen LogP contribution in [0.15, 0.2) is 48.8 Å². The lowest BCUT2D eigenvalue weighted by Crippen LogP contribution is -2.44. The summed E-state index contributed by atoms with van der Waals surface area (Å²) in [5.41, 5.74) is 5.14. The minimum absolute atomic E-state index is 0.148. The van der Waals surface area contributed by atoms with Gasteiger partial charge in [0, 0.05) is 61.4 Å². The predicted octanol–water partition coefficient (Wildman–Crippen LogP) is 3.44. The fourth-order valence-corrected chi connectivity index (χ4v) is 4.72. The molecule has 0 aliphatic carbocycles. The smallest absolute Gasteiger partial charge is 0.227 e. The number of rotatable bonds is 5. The number of benzene rings is 1. The SMILES string of the molecule is CC(=O)Nc1ccc(-c2ccnc(Nc3ccc(N4CC5CC4CN5C)c(C)c3)n2)cn1. The Labute approximate surface area is 187 Å². The topological polar surface area (TPSA) is 86.3 Å². The lowest BCUT2D eigenvalue weighted by molar-refractivity contribution is -0.114. The van der Waals surface area contributed by atoms with E-state index in [1.165, 1.54) is 24.6 Å². The highest BCUT2D eigenvalue weighted by molar-refractivity contribution is 5.87. The van der Waals surface area contributed by atoms with Crippen molar-refractivity contribution in [3.63, 3.8) is 0 Å². The fraction of sp³-hybridized carbons (Fsp3) is 0.333. The summed E-state index contributed by atoms with van der Waals surface area (Å²) in [7, 11) is 2.23. The summed E-state index contributed by atoms with van der Waals surface area (Å²) in [5.74, 6) is 0.897. The number of nitrogens with zero attached hydrogens (tertiary/aromatic N) is 5.